The molecule has 0 bridgehead atoms. The van der Waals surface area contributed by atoms with Crippen LogP contribution in [0.1, 0.15) is 41.5 Å². The molecule has 1 aliphatic rings. The molecule has 0 amide bonds. The third-order valence-electron chi connectivity index (χ3n) is 5.97. The average molecular weight is 444 g/mol. The first kappa shape index (κ1) is 24.1. The maximum atomic E-state index is 10.2. The molecule has 3 N–H and O–H groups in total. The molecule has 0 radical (unpaired) electrons. The van der Waals surface area contributed by atoms with Crippen LogP contribution in [0.25, 0.3) is 0 Å². The Bertz CT molecular complexity index is 796. The lowest BCUT2D eigenvalue weighted by atomic mass is 10.0. The first-order valence-corrected chi connectivity index (χ1v) is 12.9. The van der Waals surface area contributed by atoms with Crippen LogP contribution in [0, 0.1) is 0 Å². The molecule has 0 aliphatic carbocycles. The minimum Gasteiger partial charge on any atom is -0.406 e. The van der Waals surface area contributed by atoms with Gasteiger partial charge in [0.25, 0.3) is 8.32 Å². The molecule has 3 rings (SSSR count). The molecule has 170 valence electrons. The van der Waals surface area contributed by atoms with E-state index in [0.29, 0.717) is 6.61 Å². The predicted molar refractivity (Wildman–Crippen MR) is 127 cm³/mol. The number of aliphatic hydroxyl groups is 1. The third-order valence-corrected chi connectivity index (χ3v) is 11.0. The summed E-state index contributed by atoms with van der Waals surface area (Å²) in [5.41, 5.74) is 6.62. The van der Waals surface area contributed by atoms with Crippen LogP contribution in [0.4, 0.5) is 0 Å². The van der Waals surface area contributed by atoms with Crippen molar-refractivity contribution in [3.8, 4) is 0 Å². The van der Waals surface area contributed by atoms with E-state index in [1.54, 1.807) is 6.92 Å². The van der Waals surface area contributed by atoms with E-state index in [0.717, 1.165) is 0 Å². The Hall–Kier alpha value is -1.54. The van der Waals surface area contributed by atoms with Crippen LogP contribution in [0.5, 0.6) is 0 Å². The molecule has 1 heterocycles. The Morgan fingerprint density at radius 1 is 0.968 bits per heavy atom. The summed E-state index contributed by atoms with van der Waals surface area (Å²) < 4.78 is 18.9. The molecule has 1 saturated heterocycles. The fourth-order valence-electron chi connectivity index (χ4n) is 4.60. The summed E-state index contributed by atoms with van der Waals surface area (Å²) in [7, 11) is -2.69. The maximum Gasteiger partial charge on any atom is 0.261 e. The highest BCUT2D eigenvalue weighted by Gasteiger charge is 2.52. The van der Waals surface area contributed by atoms with E-state index < -0.39 is 38.5 Å². The molecule has 1 fully saturated rings. The molecule has 4 atom stereocenters. The number of rotatable bonds is 7. The monoisotopic (exact) mass is 443 g/mol. The van der Waals surface area contributed by atoms with E-state index in [4.69, 9.17) is 19.6 Å². The average Bonchev–Trinajstić information content (AvgIpc) is 3.05. The van der Waals surface area contributed by atoms with Crippen LogP contribution >= 0.6 is 0 Å². The SMILES string of the molecule is C[C@H](O)[C@H]1OC(C)(C)O[C@@H]1[C@@H](N)CO[Si](c1ccccc1)(c1ccccc1)C(C)(C)C. The lowest BCUT2D eigenvalue weighted by molar-refractivity contribution is -0.155. The van der Waals surface area contributed by atoms with Crippen LogP contribution in [-0.4, -0.2) is 50.2 Å². The smallest absolute Gasteiger partial charge is 0.261 e. The van der Waals surface area contributed by atoms with Gasteiger partial charge in [0.15, 0.2) is 5.79 Å². The van der Waals surface area contributed by atoms with Gasteiger partial charge in [-0.25, -0.2) is 0 Å². The molecular weight excluding hydrogens is 406 g/mol. The first-order chi connectivity index (χ1) is 14.5. The van der Waals surface area contributed by atoms with E-state index in [1.165, 1.54) is 10.4 Å². The summed E-state index contributed by atoms with van der Waals surface area (Å²) in [6, 6.07) is 20.5. The lowest BCUT2D eigenvalue weighted by Gasteiger charge is -2.44. The zero-order chi connectivity index (χ0) is 22.9. The standard InChI is InChI=1S/C25H37NO4Si/c1-18(27)22-23(30-25(5,6)29-22)21(26)17-28-31(24(2,3)4,19-13-9-7-10-14-19)20-15-11-8-12-16-20/h7-16,18,21-23,27H,17,26H2,1-6H3/t18-,21-,22+,23+/m0/s1. The number of nitrogens with two attached hydrogens (primary N) is 1. The van der Waals surface area contributed by atoms with Crippen molar-refractivity contribution in [3.05, 3.63) is 60.7 Å². The van der Waals surface area contributed by atoms with E-state index >= 15 is 0 Å². The molecule has 0 unspecified atom stereocenters. The molecule has 0 aromatic heterocycles. The van der Waals surface area contributed by atoms with Gasteiger partial charge in [-0.15, -0.1) is 0 Å². The zero-order valence-electron chi connectivity index (χ0n) is 19.5. The number of aliphatic hydroxyl groups excluding tert-OH is 1. The van der Waals surface area contributed by atoms with Crippen molar-refractivity contribution < 1.29 is 19.0 Å². The molecule has 2 aromatic rings. The number of hydrogen-bond acceptors (Lipinski definition) is 5. The summed E-state index contributed by atoms with van der Waals surface area (Å²) in [6.45, 7) is 12.4. The molecule has 6 heteroatoms. The quantitative estimate of drug-likeness (QED) is 0.644. The van der Waals surface area contributed by atoms with E-state index in [1.807, 2.05) is 26.0 Å². The Morgan fingerprint density at radius 2 is 1.42 bits per heavy atom. The van der Waals surface area contributed by atoms with Crippen LogP contribution in [0.3, 0.4) is 0 Å². The summed E-state index contributed by atoms with van der Waals surface area (Å²) >= 11 is 0. The van der Waals surface area contributed by atoms with Gasteiger partial charge in [-0.2, -0.15) is 0 Å². The molecule has 5 nitrogen and oxygen atoms in total. The Balaban J connectivity index is 1.96. The highest BCUT2D eigenvalue weighted by molar-refractivity contribution is 6.99. The summed E-state index contributed by atoms with van der Waals surface area (Å²) in [4.78, 5) is 0. The van der Waals surface area contributed by atoms with Crippen molar-refractivity contribution in [2.24, 2.45) is 5.73 Å². The van der Waals surface area contributed by atoms with Gasteiger partial charge in [0.1, 0.15) is 12.2 Å². The molecule has 31 heavy (non-hydrogen) atoms. The third kappa shape index (κ3) is 4.95. The molecule has 2 aromatic carbocycles. The second kappa shape index (κ2) is 9.14. The van der Waals surface area contributed by atoms with Crippen molar-refractivity contribution in [2.75, 3.05) is 6.61 Å². The van der Waals surface area contributed by atoms with Gasteiger partial charge in [0.05, 0.1) is 18.8 Å². The normalized spacial score (nSPS) is 23.5. The van der Waals surface area contributed by atoms with E-state index in [9.17, 15) is 5.11 Å². The largest absolute Gasteiger partial charge is 0.406 e. The van der Waals surface area contributed by atoms with Crippen LogP contribution in [-0.2, 0) is 13.9 Å². The van der Waals surface area contributed by atoms with Crippen LogP contribution in [0.2, 0.25) is 5.04 Å². The Kier molecular flexibility index (Phi) is 7.10. The number of hydrogen-bond donors (Lipinski definition) is 2. The van der Waals surface area contributed by atoms with E-state index in [-0.39, 0.29) is 5.04 Å². The van der Waals surface area contributed by atoms with Crippen LogP contribution in [0.15, 0.2) is 60.7 Å². The highest BCUT2D eigenvalue weighted by atomic mass is 28.4. The summed E-state index contributed by atoms with van der Waals surface area (Å²) in [6.07, 6.45) is -1.63. The molecule has 0 saturated carbocycles. The maximum absolute atomic E-state index is 10.2. The lowest BCUT2D eigenvalue weighted by Crippen LogP contribution is -2.67. The van der Waals surface area contributed by atoms with Crippen molar-refractivity contribution in [1.82, 2.24) is 0 Å². The van der Waals surface area contributed by atoms with E-state index in [2.05, 4.69) is 69.3 Å². The molecule has 1 aliphatic heterocycles. The summed E-state index contributed by atoms with van der Waals surface area (Å²) in [5, 5.41) is 12.5. The fourth-order valence-corrected chi connectivity index (χ4v) is 9.20. The van der Waals surface area contributed by atoms with Gasteiger partial charge in [0.2, 0.25) is 0 Å². The van der Waals surface area contributed by atoms with Crippen molar-refractivity contribution >= 4 is 18.7 Å². The van der Waals surface area contributed by atoms with Crippen molar-refractivity contribution in [3.63, 3.8) is 0 Å². The van der Waals surface area contributed by atoms with Gasteiger partial charge in [-0.3, -0.25) is 0 Å². The topological polar surface area (TPSA) is 73.9 Å². The minimum atomic E-state index is -2.69. The Labute approximate surface area is 187 Å². The Morgan fingerprint density at radius 3 is 1.84 bits per heavy atom. The number of ether oxygens (including phenoxy) is 2. The molecular formula is C25H37NO4Si. The van der Waals surface area contributed by atoms with Gasteiger partial charge in [0, 0.05) is 0 Å². The predicted octanol–water partition coefficient (Wildman–Crippen LogP) is 2.79. The van der Waals surface area contributed by atoms with Crippen molar-refractivity contribution in [2.45, 2.75) is 76.7 Å². The zero-order valence-corrected chi connectivity index (χ0v) is 20.5. The van der Waals surface area contributed by atoms with Gasteiger partial charge in [-0.05, 0) is 36.2 Å². The fraction of sp³-hybridized carbons (Fsp3) is 0.520. The first-order valence-electron chi connectivity index (χ1n) is 11.0. The van der Waals surface area contributed by atoms with Crippen molar-refractivity contribution in [1.29, 1.82) is 0 Å². The van der Waals surface area contributed by atoms with Crippen LogP contribution < -0.4 is 16.1 Å². The minimum absolute atomic E-state index is 0.134. The van der Waals surface area contributed by atoms with Gasteiger partial charge < -0.3 is 24.7 Å². The highest BCUT2D eigenvalue weighted by Crippen LogP contribution is 2.37. The second-order valence-electron chi connectivity index (χ2n) is 9.94. The second-order valence-corrected chi connectivity index (χ2v) is 14.2. The van der Waals surface area contributed by atoms with Gasteiger partial charge in [-0.1, -0.05) is 81.4 Å². The van der Waals surface area contributed by atoms with Gasteiger partial charge >= 0.3 is 0 Å². The summed E-state index contributed by atoms with van der Waals surface area (Å²) in [5.74, 6) is -0.790. The number of benzene rings is 2. The molecule has 0 spiro atoms.